The number of nitrogens with one attached hydrogen (secondary N) is 1. The Morgan fingerprint density at radius 1 is 1.07 bits per heavy atom. The number of aliphatic imine (C=N–C) groups is 1. The van der Waals surface area contributed by atoms with Crippen LogP contribution in [0, 0.1) is 22.6 Å². The molecule has 2 amide bonds. The van der Waals surface area contributed by atoms with E-state index in [1.54, 1.807) is 24.3 Å². The van der Waals surface area contributed by atoms with E-state index in [9.17, 15) is 14.0 Å². The minimum Gasteiger partial charge on any atom is -0.347 e. The number of carbonyl (C=O) groups excluding carboxylic acids is 2. The van der Waals surface area contributed by atoms with Crippen LogP contribution in [-0.2, 0) is 11.3 Å². The summed E-state index contributed by atoms with van der Waals surface area (Å²) in [5, 5.41) is 17.2. The van der Waals surface area contributed by atoms with E-state index in [4.69, 9.17) is 4.99 Å². The standard InChI is InChI=1S/C35H46FN7O2.K/c1-7-34(5,6)26-16-20-35(21-17-26)38-30(24-12-14-27(36)15-13-24)32(45)43(35)28(18-19-33(2,3)4)23-8-10-25(11-9-23)31(44)37-22-29-39-41-42-40-29;/h8-15,26,28H,7,16-22H2,1-6H3,(H2,37,39,40,41,42,44);/q;+1/p-1/t26?,28-,35?;/m1./s1. The Balaban J connectivity index is 0.00000480. The summed E-state index contributed by atoms with van der Waals surface area (Å²) in [5.41, 5.74) is 2.07. The maximum atomic E-state index is 14.5. The summed E-state index contributed by atoms with van der Waals surface area (Å²) in [6.07, 6.45) is 6.24. The van der Waals surface area contributed by atoms with Gasteiger partial charge in [-0.25, -0.2) is 9.49 Å². The molecule has 11 heteroatoms. The van der Waals surface area contributed by atoms with Gasteiger partial charge >= 0.3 is 51.4 Å². The van der Waals surface area contributed by atoms with Gasteiger partial charge in [-0.3, -0.25) is 25.0 Å². The van der Waals surface area contributed by atoms with Gasteiger partial charge in [0.25, 0.3) is 11.8 Å². The third kappa shape index (κ3) is 8.21. The Kier molecular flexibility index (Phi) is 11.8. The zero-order chi connectivity index (χ0) is 32.4. The van der Waals surface area contributed by atoms with Gasteiger partial charge in [0.2, 0.25) is 0 Å². The Morgan fingerprint density at radius 2 is 1.72 bits per heavy atom. The van der Waals surface area contributed by atoms with Crippen LogP contribution < -0.4 is 61.9 Å². The average molecular weight is 654 g/mol. The Bertz CT molecular complexity index is 1510. The van der Waals surface area contributed by atoms with Gasteiger partial charge in [-0.2, -0.15) is 0 Å². The first-order valence-corrected chi connectivity index (χ1v) is 16.1. The van der Waals surface area contributed by atoms with Crippen molar-refractivity contribution in [2.75, 3.05) is 0 Å². The van der Waals surface area contributed by atoms with Crippen molar-refractivity contribution in [2.45, 2.75) is 105 Å². The third-order valence-corrected chi connectivity index (χ3v) is 9.91. The van der Waals surface area contributed by atoms with E-state index in [2.05, 4.69) is 67.5 Å². The Hall–Kier alpha value is -2.31. The summed E-state index contributed by atoms with van der Waals surface area (Å²) < 4.78 is 13.9. The molecule has 5 rings (SSSR count). The fourth-order valence-electron chi connectivity index (χ4n) is 6.71. The quantitative estimate of drug-likeness (QED) is 0.336. The molecule has 1 aliphatic carbocycles. The smallest absolute Gasteiger partial charge is 0.347 e. The van der Waals surface area contributed by atoms with Gasteiger partial charge in [-0.15, -0.1) is 0 Å². The van der Waals surface area contributed by atoms with Crippen LogP contribution in [0.25, 0.3) is 0 Å². The zero-order valence-electron chi connectivity index (χ0n) is 28.3. The van der Waals surface area contributed by atoms with Crippen molar-refractivity contribution in [1.29, 1.82) is 0 Å². The maximum absolute atomic E-state index is 14.5. The van der Waals surface area contributed by atoms with Crippen molar-refractivity contribution < 1.29 is 65.4 Å². The number of hydrogen-bond acceptors (Lipinski definition) is 6. The average Bonchev–Trinajstić information content (AvgIpc) is 3.63. The second-order valence-electron chi connectivity index (χ2n) is 14.5. The molecular formula is C35H45FKN7O2. The molecule has 2 aromatic carbocycles. The Labute approximate surface area is 314 Å². The first kappa shape index (κ1) is 36.5. The van der Waals surface area contributed by atoms with Crippen LogP contribution in [0.1, 0.15) is 120 Å². The van der Waals surface area contributed by atoms with Crippen LogP contribution in [0.2, 0.25) is 0 Å². The van der Waals surface area contributed by atoms with Gasteiger partial charge in [0.05, 0.1) is 18.4 Å². The molecule has 1 atom stereocenters. The molecule has 0 bridgehead atoms. The van der Waals surface area contributed by atoms with Crippen molar-refractivity contribution in [1.82, 2.24) is 30.8 Å². The minimum absolute atomic E-state index is 0. The molecule has 3 aromatic rings. The van der Waals surface area contributed by atoms with Crippen molar-refractivity contribution in [3.63, 3.8) is 0 Å². The SMILES string of the molecule is CCC(C)(C)C1CCC2(CC1)N=C(c1ccc(F)cc1)C(=O)N2[C@H](CCC(C)(C)C)c1ccc(C(=O)NCc2nn[n-]n2)cc1.[K+]. The third-order valence-electron chi connectivity index (χ3n) is 9.91. The summed E-state index contributed by atoms with van der Waals surface area (Å²) in [4.78, 5) is 34.7. The summed E-state index contributed by atoms with van der Waals surface area (Å²) in [6.45, 7) is 13.7. The Morgan fingerprint density at radius 3 is 2.28 bits per heavy atom. The number of hydrogen-bond donors (Lipinski definition) is 1. The number of carbonyl (C=O) groups is 2. The van der Waals surface area contributed by atoms with Gasteiger partial charge in [0, 0.05) is 11.1 Å². The number of nitrogens with zero attached hydrogens (tertiary/aromatic N) is 6. The van der Waals surface area contributed by atoms with Gasteiger partial charge in [-0.1, -0.05) is 60.1 Å². The van der Waals surface area contributed by atoms with E-state index < -0.39 is 5.66 Å². The predicted octanol–water partition coefficient (Wildman–Crippen LogP) is 3.42. The van der Waals surface area contributed by atoms with Crippen LogP contribution in [-0.4, -0.2) is 43.5 Å². The molecule has 2 aliphatic rings. The first-order valence-electron chi connectivity index (χ1n) is 16.1. The van der Waals surface area contributed by atoms with Crippen molar-refractivity contribution in [3.8, 4) is 0 Å². The normalized spacial score (nSPS) is 20.8. The number of tetrazole rings is 1. The molecule has 1 saturated carbocycles. The van der Waals surface area contributed by atoms with Crippen LogP contribution in [0.3, 0.4) is 0 Å². The molecular weight excluding hydrogens is 609 g/mol. The van der Waals surface area contributed by atoms with Crippen LogP contribution in [0.15, 0.2) is 53.5 Å². The van der Waals surface area contributed by atoms with Gasteiger partial charge < -0.3 is 15.3 Å². The van der Waals surface area contributed by atoms with E-state index in [1.807, 2.05) is 17.0 Å². The fourth-order valence-corrected chi connectivity index (χ4v) is 6.71. The predicted molar refractivity (Wildman–Crippen MR) is 171 cm³/mol. The van der Waals surface area contributed by atoms with E-state index in [0.717, 1.165) is 50.5 Å². The number of benzene rings is 2. The van der Waals surface area contributed by atoms with Crippen molar-refractivity contribution >= 4 is 17.5 Å². The van der Waals surface area contributed by atoms with Crippen LogP contribution in [0.4, 0.5) is 4.39 Å². The molecule has 0 radical (unpaired) electrons. The molecule has 0 saturated heterocycles. The number of amides is 2. The molecule has 1 spiro atoms. The summed E-state index contributed by atoms with van der Waals surface area (Å²) in [5.74, 6) is 0.166. The molecule has 2 heterocycles. The maximum Gasteiger partial charge on any atom is 1.00 e. The second kappa shape index (κ2) is 14.8. The summed E-state index contributed by atoms with van der Waals surface area (Å²) in [7, 11) is 0. The van der Waals surface area contributed by atoms with Gasteiger partial charge in [0.1, 0.15) is 17.2 Å². The van der Waals surface area contributed by atoms with Crippen molar-refractivity contribution in [3.05, 3.63) is 76.9 Å². The molecule has 240 valence electrons. The molecule has 1 aromatic heterocycles. The zero-order valence-corrected chi connectivity index (χ0v) is 31.4. The first-order chi connectivity index (χ1) is 21.3. The molecule has 1 aliphatic heterocycles. The molecule has 1 fully saturated rings. The van der Waals surface area contributed by atoms with Crippen molar-refractivity contribution in [2.24, 2.45) is 21.7 Å². The van der Waals surface area contributed by atoms with E-state index in [0.29, 0.717) is 28.6 Å². The van der Waals surface area contributed by atoms with E-state index in [-0.39, 0.29) is 92.4 Å². The molecule has 1 N–H and O–H groups in total. The van der Waals surface area contributed by atoms with Crippen LogP contribution in [0.5, 0.6) is 0 Å². The number of aromatic nitrogens is 4. The molecule has 9 nitrogen and oxygen atoms in total. The second-order valence-corrected chi connectivity index (χ2v) is 14.5. The van der Waals surface area contributed by atoms with Gasteiger partial charge in [0.15, 0.2) is 0 Å². The number of rotatable bonds is 10. The number of halogens is 1. The van der Waals surface area contributed by atoms with Gasteiger partial charge in [-0.05, 0) is 97.2 Å². The summed E-state index contributed by atoms with van der Waals surface area (Å²) in [6, 6.07) is 13.3. The minimum atomic E-state index is -0.679. The largest absolute Gasteiger partial charge is 1.00 e. The molecule has 46 heavy (non-hydrogen) atoms. The monoisotopic (exact) mass is 653 g/mol. The van der Waals surface area contributed by atoms with E-state index in [1.165, 1.54) is 12.1 Å². The molecule has 0 unspecified atom stereocenters. The summed E-state index contributed by atoms with van der Waals surface area (Å²) >= 11 is 0. The topological polar surface area (TPSA) is 115 Å². The fraction of sp³-hybridized carbons (Fsp3) is 0.543. The van der Waals surface area contributed by atoms with E-state index >= 15 is 0 Å². The van der Waals surface area contributed by atoms with Crippen LogP contribution >= 0.6 is 0 Å².